The van der Waals surface area contributed by atoms with Gasteiger partial charge in [0.05, 0.1) is 19.3 Å². The van der Waals surface area contributed by atoms with Gasteiger partial charge in [0.25, 0.3) is 0 Å². The molecule has 0 unspecified atom stereocenters. The van der Waals surface area contributed by atoms with E-state index in [0.717, 1.165) is 56.7 Å². The molecule has 4 nitrogen and oxygen atoms in total. The third-order valence-electron chi connectivity index (χ3n) is 6.59. The molecule has 2 fully saturated rings. The molecule has 2 aliphatic heterocycles. The van der Waals surface area contributed by atoms with Crippen molar-refractivity contribution < 1.29 is 14.6 Å². The summed E-state index contributed by atoms with van der Waals surface area (Å²) < 4.78 is 11.8. The standard InChI is InChI=1S/C23H35NO3/c1-23(2,3)13-16-14-24-9-8-15-10-22(27-17-6-5-7-17)21(26-4)11-18(15)19(24)12-20(16)25/h10-11,16-17,19-20,25H,5-9,12-14H2,1-4H3/t16-,19-,20-/m1/s1. The number of hydrogen-bond donors (Lipinski definition) is 1. The van der Waals surface area contributed by atoms with Gasteiger partial charge in [0.1, 0.15) is 0 Å². The summed E-state index contributed by atoms with van der Waals surface area (Å²) in [5, 5.41) is 10.9. The van der Waals surface area contributed by atoms with Crippen LogP contribution in [0.4, 0.5) is 0 Å². The van der Waals surface area contributed by atoms with Gasteiger partial charge in [-0.2, -0.15) is 0 Å². The number of methoxy groups -OCH3 is 1. The van der Waals surface area contributed by atoms with E-state index in [0.29, 0.717) is 18.1 Å². The minimum Gasteiger partial charge on any atom is -0.493 e. The second-order valence-corrected chi connectivity index (χ2v) is 9.96. The van der Waals surface area contributed by atoms with Crippen LogP contribution < -0.4 is 9.47 Å². The zero-order chi connectivity index (χ0) is 19.2. The summed E-state index contributed by atoms with van der Waals surface area (Å²) in [5.41, 5.74) is 2.95. The second kappa shape index (κ2) is 7.29. The Bertz CT molecular complexity index is 677. The van der Waals surface area contributed by atoms with Crippen LogP contribution in [0, 0.1) is 11.3 Å². The summed E-state index contributed by atoms with van der Waals surface area (Å²) >= 11 is 0. The van der Waals surface area contributed by atoms with Crippen LogP contribution >= 0.6 is 0 Å². The molecule has 3 aliphatic rings. The number of ether oxygens (including phenoxy) is 2. The first-order valence-corrected chi connectivity index (χ1v) is 10.6. The first kappa shape index (κ1) is 19.1. The van der Waals surface area contributed by atoms with Crippen LogP contribution in [0.3, 0.4) is 0 Å². The lowest BCUT2D eigenvalue weighted by Gasteiger charge is -2.47. The molecule has 0 amide bonds. The van der Waals surface area contributed by atoms with Gasteiger partial charge in [-0.3, -0.25) is 4.90 Å². The van der Waals surface area contributed by atoms with Gasteiger partial charge in [-0.15, -0.1) is 0 Å². The quantitative estimate of drug-likeness (QED) is 0.852. The van der Waals surface area contributed by atoms with E-state index in [-0.39, 0.29) is 11.5 Å². The molecule has 1 saturated carbocycles. The van der Waals surface area contributed by atoms with Crippen LogP contribution in [0.2, 0.25) is 0 Å². The van der Waals surface area contributed by atoms with E-state index < -0.39 is 0 Å². The lowest BCUT2D eigenvalue weighted by molar-refractivity contribution is -0.0259. The fraction of sp³-hybridized carbons (Fsp3) is 0.739. The third kappa shape index (κ3) is 3.97. The van der Waals surface area contributed by atoms with Crippen LogP contribution in [0.1, 0.15) is 70.0 Å². The van der Waals surface area contributed by atoms with Gasteiger partial charge in [0.2, 0.25) is 0 Å². The number of aliphatic hydroxyl groups excluding tert-OH is 1. The van der Waals surface area contributed by atoms with Crippen molar-refractivity contribution in [1.82, 2.24) is 4.90 Å². The maximum absolute atomic E-state index is 10.9. The van der Waals surface area contributed by atoms with E-state index >= 15 is 0 Å². The second-order valence-electron chi connectivity index (χ2n) is 9.96. The average molecular weight is 374 g/mol. The van der Waals surface area contributed by atoms with Gasteiger partial charge in [-0.1, -0.05) is 20.8 Å². The Labute approximate surface area is 163 Å². The van der Waals surface area contributed by atoms with Crippen molar-refractivity contribution in [3.05, 3.63) is 23.3 Å². The summed E-state index contributed by atoms with van der Waals surface area (Å²) in [7, 11) is 1.73. The van der Waals surface area contributed by atoms with Crippen molar-refractivity contribution in [2.75, 3.05) is 20.2 Å². The molecule has 0 aromatic heterocycles. The lowest BCUT2D eigenvalue weighted by Crippen LogP contribution is -2.48. The van der Waals surface area contributed by atoms with Crippen LogP contribution in [-0.2, 0) is 6.42 Å². The largest absolute Gasteiger partial charge is 0.493 e. The Morgan fingerprint density at radius 1 is 1.19 bits per heavy atom. The van der Waals surface area contributed by atoms with E-state index in [1.54, 1.807) is 7.11 Å². The van der Waals surface area contributed by atoms with Crippen LogP contribution in [0.25, 0.3) is 0 Å². The average Bonchev–Trinajstić information content (AvgIpc) is 2.57. The Morgan fingerprint density at radius 2 is 1.96 bits per heavy atom. The van der Waals surface area contributed by atoms with E-state index in [4.69, 9.17) is 9.47 Å². The van der Waals surface area contributed by atoms with E-state index in [1.165, 1.54) is 17.5 Å². The van der Waals surface area contributed by atoms with Crippen molar-refractivity contribution in [3.8, 4) is 11.5 Å². The maximum atomic E-state index is 10.9. The summed E-state index contributed by atoms with van der Waals surface area (Å²) in [4.78, 5) is 2.58. The molecule has 1 aromatic rings. The molecule has 1 aromatic carbocycles. The van der Waals surface area contributed by atoms with Gasteiger partial charge >= 0.3 is 0 Å². The molecule has 0 radical (unpaired) electrons. The first-order chi connectivity index (χ1) is 12.8. The Hall–Kier alpha value is -1.26. The highest BCUT2D eigenvalue weighted by molar-refractivity contribution is 5.50. The predicted molar refractivity (Wildman–Crippen MR) is 107 cm³/mol. The van der Waals surface area contributed by atoms with Crippen molar-refractivity contribution in [3.63, 3.8) is 0 Å². The number of nitrogens with zero attached hydrogens (tertiary/aromatic N) is 1. The highest BCUT2D eigenvalue weighted by Crippen LogP contribution is 2.45. The minimum absolute atomic E-state index is 0.228. The maximum Gasteiger partial charge on any atom is 0.161 e. The van der Waals surface area contributed by atoms with E-state index in [2.05, 4.69) is 37.8 Å². The smallest absolute Gasteiger partial charge is 0.161 e. The van der Waals surface area contributed by atoms with Crippen molar-refractivity contribution in [2.24, 2.45) is 11.3 Å². The summed E-state index contributed by atoms with van der Waals surface area (Å²) in [5.74, 6) is 2.11. The topological polar surface area (TPSA) is 41.9 Å². The van der Waals surface area contributed by atoms with Crippen molar-refractivity contribution in [2.45, 2.75) is 77.5 Å². The molecule has 4 heteroatoms. The summed E-state index contributed by atoms with van der Waals surface area (Å²) in [6.45, 7) is 8.87. The molecular formula is C23H35NO3. The Balaban J connectivity index is 1.56. The Kier molecular flexibility index (Phi) is 5.15. The van der Waals surface area contributed by atoms with Crippen molar-refractivity contribution in [1.29, 1.82) is 0 Å². The third-order valence-corrected chi connectivity index (χ3v) is 6.59. The number of fused-ring (bicyclic) bond motifs is 3. The predicted octanol–water partition coefficient (Wildman–Crippen LogP) is 4.34. The fourth-order valence-corrected chi connectivity index (χ4v) is 5.01. The fourth-order valence-electron chi connectivity index (χ4n) is 5.01. The summed E-state index contributed by atoms with van der Waals surface area (Å²) in [6.07, 6.45) is 6.63. The van der Waals surface area contributed by atoms with Gasteiger partial charge in [-0.25, -0.2) is 0 Å². The van der Waals surface area contributed by atoms with E-state index in [1.807, 2.05) is 0 Å². The van der Waals surface area contributed by atoms with Crippen LogP contribution in [0.15, 0.2) is 12.1 Å². The molecule has 1 saturated heterocycles. The molecule has 2 heterocycles. The lowest BCUT2D eigenvalue weighted by atomic mass is 9.75. The number of rotatable bonds is 4. The number of aliphatic hydroxyl groups is 1. The zero-order valence-corrected chi connectivity index (χ0v) is 17.3. The zero-order valence-electron chi connectivity index (χ0n) is 17.3. The molecule has 3 atom stereocenters. The molecule has 27 heavy (non-hydrogen) atoms. The molecule has 1 aliphatic carbocycles. The molecule has 0 spiro atoms. The first-order valence-electron chi connectivity index (χ1n) is 10.6. The Morgan fingerprint density at radius 3 is 2.59 bits per heavy atom. The number of piperidine rings is 1. The molecule has 0 bridgehead atoms. The summed E-state index contributed by atoms with van der Waals surface area (Å²) in [6, 6.07) is 4.68. The molecular weight excluding hydrogens is 338 g/mol. The van der Waals surface area contributed by atoms with Crippen LogP contribution in [-0.4, -0.2) is 42.4 Å². The van der Waals surface area contributed by atoms with Gasteiger partial charge in [0, 0.05) is 19.1 Å². The normalized spacial score (nSPS) is 28.9. The highest BCUT2D eigenvalue weighted by Gasteiger charge is 2.40. The van der Waals surface area contributed by atoms with E-state index in [9.17, 15) is 5.11 Å². The number of hydrogen-bond acceptors (Lipinski definition) is 4. The van der Waals surface area contributed by atoms with Crippen molar-refractivity contribution >= 4 is 0 Å². The number of benzene rings is 1. The van der Waals surface area contributed by atoms with Gasteiger partial charge in [0.15, 0.2) is 11.5 Å². The van der Waals surface area contributed by atoms with Crippen LogP contribution in [0.5, 0.6) is 11.5 Å². The minimum atomic E-state index is -0.228. The van der Waals surface area contributed by atoms with Gasteiger partial charge < -0.3 is 14.6 Å². The monoisotopic (exact) mass is 373 g/mol. The molecule has 4 rings (SSSR count). The molecule has 150 valence electrons. The highest BCUT2D eigenvalue weighted by atomic mass is 16.5. The molecule has 1 N–H and O–H groups in total. The SMILES string of the molecule is COc1cc2c(cc1OC1CCC1)CCN1C[C@@H](CC(C)(C)C)[C@H](O)C[C@H]21. The van der Waals surface area contributed by atoms with Gasteiger partial charge in [-0.05, 0) is 73.1 Å².